The molecular weight excluding hydrogens is 294 g/mol. The molecule has 0 fully saturated rings. The standard InChI is InChI=1S/C15H12ClNO2S/c1-11-6-8-14(9-7-11)20(18,19)15(17-2)12-4-3-5-13(16)10-12/h3-10,15H,1H3/t15-/m0/s1. The number of hydrogen-bond acceptors (Lipinski definition) is 2. The lowest BCUT2D eigenvalue weighted by Gasteiger charge is -2.08. The van der Waals surface area contributed by atoms with Crippen molar-refractivity contribution in [2.45, 2.75) is 17.2 Å². The van der Waals surface area contributed by atoms with Crippen molar-refractivity contribution < 1.29 is 8.42 Å². The molecule has 5 heteroatoms. The zero-order valence-electron chi connectivity index (χ0n) is 10.7. The number of rotatable bonds is 3. The first kappa shape index (κ1) is 14.6. The molecule has 0 saturated carbocycles. The predicted octanol–water partition coefficient (Wildman–Crippen LogP) is 4.04. The van der Waals surface area contributed by atoms with Gasteiger partial charge in [-0.25, -0.2) is 15.0 Å². The van der Waals surface area contributed by atoms with Gasteiger partial charge in [0.05, 0.1) is 10.5 Å². The molecule has 2 aromatic carbocycles. The minimum Gasteiger partial charge on any atom is -0.291 e. The maximum absolute atomic E-state index is 12.5. The lowest BCUT2D eigenvalue weighted by atomic mass is 10.2. The predicted molar refractivity (Wildman–Crippen MR) is 79.2 cm³/mol. The lowest BCUT2D eigenvalue weighted by molar-refractivity contribution is 0.590. The van der Waals surface area contributed by atoms with Gasteiger partial charge >= 0.3 is 5.37 Å². The molecule has 2 rings (SSSR count). The molecule has 0 aromatic heterocycles. The van der Waals surface area contributed by atoms with Gasteiger partial charge in [-0.15, -0.1) is 0 Å². The van der Waals surface area contributed by atoms with Crippen molar-refractivity contribution in [3.63, 3.8) is 0 Å². The van der Waals surface area contributed by atoms with E-state index in [1.165, 1.54) is 18.2 Å². The molecule has 3 nitrogen and oxygen atoms in total. The molecule has 0 unspecified atom stereocenters. The Morgan fingerprint density at radius 2 is 1.80 bits per heavy atom. The van der Waals surface area contributed by atoms with Crippen molar-refractivity contribution >= 4 is 21.4 Å². The van der Waals surface area contributed by atoms with Gasteiger partial charge in [0.1, 0.15) is 0 Å². The zero-order chi connectivity index (χ0) is 14.8. The summed E-state index contributed by atoms with van der Waals surface area (Å²) in [7, 11) is -3.75. The molecule has 0 N–H and O–H groups in total. The van der Waals surface area contributed by atoms with Crippen molar-refractivity contribution in [2.24, 2.45) is 0 Å². The Morgan fingerprint density at radius 3 is 2.35 bits per heavy atom. The molecule has 0 amide bonds. The number of benzene rings is 2. The van der Waals surface area contributed by atoms with E-state index in [9.17, 15) is 8.42 Å². The van der Waals surface area contributed by atoms with E-state index in [2.05, 4.69) is 4.85 Å². The molecule has 0 aliphatic heterocycles. The summed E-state index contributed by atoms with van der Waals surface area (Å²) in [5.74, 6) is 0. The second kappa shape index (κ2) is 5.66. The van der Waals surface area contributed by atoms with Gasteiger partial charge in [-0.3, -0.25) is 4.85 Å². The molecule has 0 radical (unpaired) electrons. The number of hydrogen-bond donors (Lipinski definition) is 0. The summed E-state index contributed by atoms with van der Waals surface area (Å²) in [6, 6.07) is 12.9. The third-order valence-corrected chi connectivity index (χ3v) is 5.02. The van der Waals surface area contributed by atoms with E-state index in [0.717, 1.165) is 5.56 Å². The van der Waals surface area contributed by atoms with Gasteiger partial charge in [-0.2, -0.15) is 0 Å². The molecule has 0 aliphatic carbocycles. The Kier molecular flexibility index (Phi) is 4.12. The largest absolute Gasteiger partial charge is 0.350 e. The lowest BCUT2D eigenvalue weighted by Crippen LogP contribution is -2.10. The molecule has 20 heavy (non-hydrogen) atoms. The molecule has 2 aromatic rings. The fraction of sp³-hybridized carbons (Fsp3) is 0.133. The summed E-state index contributed by atoms with van der Waals surface area (Å²) in [5, 5.41) is -0.862. The highest BCUT2D eigenvalue weighted by Gasteiger charge is 2.34. The topological polar surface area (TPSA) is 38.5 Å². The van der Waals surface area contributed by atoms with Gasteiger partial charge in [0, 0.05) is 5.02 Å². The van der Waals surface area contributed by atoms with Crippen LogP contribution >= 0.6 is 11.6 Å². The van der Waals surface area contributed by atoms with Crippen LogP contribution in [0.15, 0.2) is 53.4 Å². The van der Waals surface area contributed by atoms with E-state index >= 15 is 0 Å². The first-order valence-corrected chi connectivity index (χ1v) is 7.80. The van der Waals surface area contributed by atoms with Crippen LogP contribution in [0.25, 0.3) is 4.85 Å². The Morgan fingerprint density at radius 1 is 1.15 bits per heavy atom. The van der Waals surface area contributed by atoms with E-state index in [1.54, 1.807) is 30.3 Å². The Balaban J connectivity index is 2.51. The Hall–Kier alpha value is -1.83. The average Bonchev–Trinajstić information content (AvgIpc) is 2.40. The van der Waals surface area contributed by atoms with Crippen LogP contribution in [0.5, 0.6) is 0 Å². The van der Waals surface area contributed by atoms with Gasteiger partial charge in [-0.1, -0.05) is 35.4 Å². The molecule has 1 atom stereocenters. The third-order valence-electron chi connectivity index (χ3n) is 2.89. The van der Waals surface area contributed by atoms with Crippen LogP contribution in [0.4, 0.5) is 0 Å². The van der Waals surface area contributed by atoms with Crippen molar-refractivity contribution in [1.29, 1.82) is 0 Å². The minimum atomic E-state index is -3.75. The summed E-state index contributed by atoms with van der Waals surface area (Å²) < 4.78 is 25.1. The fourth-order valence-electron chi connectivity index (χ4n) is 1.84. The maximum Gasteiger partial charge on any atom is 0.350 e. The highest BCUT2D eigenvalue weighted by atomic mass is 35.5. The second-order valence-corrected chi connectivity index (χ2v) is 6.84. The minimum absolute atomic E-state index is 0.143. The average molecular weight is 306 g/mol. The van der Waals surface area contributed by atoms with Crippen molar-refractivity contribution in [3.8, 4) is 0 Å². The first-order chi connectivity index (χ1) is 9.45. The van der Waals surface area contributed by atoms with Crippen LogP contribution in [0.2, 0.25) is 5.02 Å². The summed E-state index contributed by atoms with van der Waals surface area (Å²) >= 11 is 5.87. The van der Waals surface area contributed by atoms with Crippen LogP contribution in [0.3, 0.4) is 0 Å². The van der Waals surface area contributed by atoms with Gasteiger partial charge in [0.2, 0.25) is 0 Å². The monoisotopic (exact) mass is 305 g/mol. The van der Waals surface area contributed by atoms with Crippen LogP contribution in [-0.4, -0.2) is 8.42 Å². The van der Waals surface area contributed by atoms with E-state index in [4.69, 9.17) is 18.2 Å². The van der Waals surface area contributed by atoms with Gasteiger partial charge in [-0.05, 0) is 37.3 Å². The molecule has 102 valence electrons. The van der Waals surface area contributed by atoms with Crippen LogP contribution < -0.4 is 0 Å². The second-order valence-electron chi connectivity index (χ2n) is 4.39. The number of nitrogens with zero attached hydrogens (tertiary/aromatic N) is 1. The van der Waals surface area contributed by atoms with Crippen LogP contribution in [-0.2, 0) is 9.84 Å². The molecule has 0 spiro atoms. The summed E-state index contributed by atoms with van der Waals surface area (Å²) in [4.78, 5) is 3.42. The smallest absolute Gasteiger partial charge is 0.291 e. The van der Waals surface area contributed by atoms with Crippen LogP contribution in [0.1, 0.15) is 16.5 Å². The van der Waals surface area contributed by atoms with E-state index in [1.807, 2.05) is 6.92 Å². The molecular formula is C15H12ClNO2S. The Labute approximate surface area is 123 Å². The summed E-state index contributed by atoms with van der Waals surface area (Å²) in [6.45, 7) is 9.09. The summed E-state index contributed by atoms with van der Waals surface area (Å²) in [6.07, 6.45) is 0. The quantitative estimate of drug-likeness (QED) is 0.803. The maximum atomic E-state index is 12.5. The third kappa shape index (κ3) is 2.84. The SMILES string of the molecule is [C-]#[N+][C@H](c1cccc(Cl)c1)S(=O)(=O)c1ccc(C)cc1. The normalized spacial score (nSPS) is 12.7. The van der Waals surface area contributed by atoms with E-state index in [0.29, 0.717) is 10.6 Å². The number of aryl methyl sites for hydroxylation is 1. The fourth-order valence-corrected chi connectivity index (χ4v) is 3.46. The number of sulfone groups is 1. The zero-order valence-corrected chi connectivity index (χ0v) is 12.3. The van der Waals surface area contributed by atoms with Crippen molar-refractivity contribution in [3.05, 3.63) is 76.1 Å². The van der Waals surface area contributed by atoms with Gasteiger partial charge in [0.15, 0.2) is 0 Å². The molecule has 0 bridgehead atoms. The van der Waals surface area contributed by atoms with Crippen molar-refractivity contribution in [1.82, 2.24) is 0 Å². The highest BCUT2D eigenvalue weighted by Crippen LogP contribution is 2.31. The van der Waals surface area contributed by atoms with Crippen LogP contribution in [0, 0.1) is 13.5 Å². The van der Waals surface area contributed by atoms with E-state index in [-0.39, 0.29) is 4.90 Å². The Bertz CT molecular complexity index is 761. The van der Waals surface area contributed by atoms with Crippen molar-refractivity contribution in [2.75, 3.05) is 0 Å². The molecule has 0 aliphatic rings. The number of halogens is 1. The molecule has 0 heterocycles. The summed E-state index contributed by atoms with van der Waals surface area (Å²) in [5.41, 5.74) is 1.35. The molecule has 0 saturated heterocycles. The highest BCUT2D eigenvalue weighted by molar-refractivity contribution is 7.91. The van der Waals surface area contributed by atoms with Gasteiger partial charge in [0.25, 0.3) is 9.84 Å². The first-order valence-electron chi connectivity index (χ1n) is 5.88. The van der Waals surface area contributed by atoms with Gasteiger partial charge < -0.3 is 0 Å². The van der Waals surface area contributed by atoms with E-state index < -0.39 is 15.2 Å².